The Kier molecular flexibility index (Phi) is 5.43. The van der Waals surface area contributed by atoms with Gasteiger partial charge in [-0.2, -0.15) is 0 Å². The van der Waals surface area contributed by atoms with Gasteiger partial charge < -0.3 is 20.0 Å². The standard InChI is InChI=1S/C21H28N6O/c1-3-22-21(28)27-10-9-18-17(15-27)20(26-13-11-25(2)12-14-26)24-19(23-18)16-7-5-4-6-8-16/h4-8H,3,9-15H2,1-2H3,(H,22,28). The van der Waals surface area contributed by atoms with E-state index in [1.165, 1.54) is 0 Å². The molecule has 2 aromatic rings. The number of nitrogens with one attached hydrogen (secondary N) is 1. The van der Waals surface area contributed by atoms with Gasteiger partial charge in [-0.3, -0.25) is 0 Å². The lowest BCUT2D eigenvalue weighted by Crippen LogP contribution is -2.47. The van der Waals surface area contributed by atoms with E-state index < -0.39 is 0 Å². The van der Waals surface area contributed by atoms with Crippen LogP contribution in [0, 0.1) is 0 Å². The van der Waals surface area contributed by atoms with Crippen molar-refractivity contribution in [3.05, 3.63) is 41.6 Å². The summed E-state index contributed by atoms with van der Waals surface area (Å²) in [6.07, 6.45) is 0.759. The largest absolute Gasteiger partial charge is 0.354 e. The number of amides is 2. The molecule has 2 aliphatic rings. The first kappa shape index (κ1) is 18.7. The topological polar surface area (TPSA) is 64.6 Å². The van der Waals surface area contributed by atoms with Crippen LogP contribution in [0.2, 0.25) is 0 Å². The molecule has 1 fully saturated rings. The first-order valence-electron chi connectivity index (χ1n) is 10.1. The molecule has 1 saturated heterocycles. The second kappa shape index (κ2) is 8.14. The maximum Gasteiger partial charge on any atom is 0.317 e. The molecule has 7 heteroatoms. The van der Waals surface area contributed by atoms with E-state index in [9.17, 15) is 4.79 Å². The van der Waals surface area contributed by atoms with Gasteiger partial charge in [0.1, 0.15) is 5.82 Å². The van der Waals surface area contributed by atoms with Crippen molar-refractivity contribution in [3.63, 3.8) is 0 Å². The van der Waals surface area contributed by atoms with Crippen molar-refractivity contribution in [1.82, 2.24) is 25.1 Å². The number of hydrogen-bond acceptors (Lipinski definition) is 5. The maximum atomic E-state index is 12.4. The van der Waals surface area contributed by atoms with E-state index in [1.54, 1.807) is 0 Å². The average molecular weight is 380 g/mol. The molecule has 7 nitrogen and oxygen atoms in total. The second-order valence-corrected chi connectivity index (χ2v) is 7.46. The van der Waals surface area contributed by atoms with Gasteiger partial charge in [0.2, 0.25) is 0 Å². The summed E-state index contributed by atoms with van der Waals surface area (Å²) < 4.78 is 0. The number of carbonyl (C=O) groups is 1. The highest BCUT2D eigenvalue weighted by Gasteiger charge is 2.28. The molecular formula is C21H28N6O. The molecule has 1 aromatic heterocycles. The van der Waals surface area contributed by atoms with Gasteiger partial charge >= 0.3 is 6.03 Å². The van der Waals surface area contributed by atoms with Gasteiger partial charge in [-0.05, 0) is 14.0 Å². The van der Waals surface area contributed by atoms with Crippen LogP contribution in [0.1, 0.15) is 18.2 Å². The Bertz CT molecular complexity index is 832. The quantitative estimate of drug-likeness (QED) is 0.882. The van der Waals surface area contributed by atoms with Crippen molar-refractivity contribution in [2.24, 2.45) is 0 Å². The van der Waals surface area contributed by atoms with Gasteiger partial charge in [0.05, 0.1) is 12.2 Å². The number of likely N-dealkylation sites (N-methyl/N-ethyl adjacent to an activating group) is 1. The van der Waals surface area contributed by atoms with E-state index >= 15 is 0 Å². The molecule has 28 heavy (non-hydrogen) atoms. The summed E-state index contributed by atoms with van der Waals surface area (Å²) in [5.41, 5.74) is 3.21. The molecule has 0 bridgehead atoms. The summed E-state index contributed by atoms with van der Waals surface area (Å²) in [6, 6.07) is 10.1. The van der Waals surface area contributed by atoms with E-state index in [4.69, 9.17) is 9.97 Å². The number of fused-ring (bicyclic) bond motifs is 1. The highest BCUT2D eigenvalue weighted by atomic mass is 16.2. The van der Waals surface area contributed by atoms with E-state index in [0.717, 1.165) is 61.1 Å². The number of benzene rings is 1. The molecule has 0 spiro atoms. The zero-order chi connectivity index (χ0) is 19.5. The number of hydrogen-bond donors (Lipinski definition) is 1. The van der Waals surface area contributed by atoms with Crippen molar-refractivity contribution < 1.29 is 4.79 Å². The fourth-order valence-corrected chi connectivity index (χ4v) is 3.83. The lowest BCUT2D eigenvalue weighted by molar-refractivity contribution is 0.192. The minimum Gasteiger partial charge on any atom is -0.354 e. The Morgan fingerprint density at radius 1 is 1.07 bits per heavy atom. The fourth-order valence-electron chi connectivity index (χ4n) is 3.83. The molecule has 2 aliphatic heterocycles. The molecule has 0 unspecified atom stereocenters. The van der Waals surface area contributed by atoms with Crippen LogP contribution in [-0.4, -0.2) is 72.1 Å². The first-order valence-corrected chi connectivity index (χ1v) is 10.1. The average Bonchev–Trinajstić information content (AvgIpc) is 2.74. The number of nitrogens with zero attached hydrogens (tertiary/aromatic N) is 5. The number of anilines is 1. The van der Waals surface area contributed by atoms with Crippen molar-refractivity contribution >= 4 is 11.8 Å². The van der Waals surface area contributed by atoms with Crippen molar-refractivity contribution in [1.29, 1.82) is 0 Å². The number of piperazine rings is 1. The number of carbonyl (C=O) groups excluding carboxylic acids is 1. The summed E-state index contributed by atoms with van der Waals surface area (Å²) in [6.45, 7) is 7.74. The van der Waals surface area contributed by atoms with Crippen LogP contribution in [0.5, 0.6) is 0 Å². The fraction of sp³-hybridized carbons (Fsp3) is 0.476. The Morgan fingerprint density at radius 2 is 1.82 bits per heavy atom. The third kappa shape index (κ3) is 3.80. The van der Waals surface area contributed by atoms with Gasteiger partial charge in [0.25, 0.3) is 0 Å². The number of aromatic nitrogens is 2. The second-order valence-electron chi connectivity index (χ2n) is 7.46. The Hall–Kier alpha value is -2.67. The monoisotopic (exact) mass is 380 g/mol. The normalized spacial score (nSPS) is 17.4. The molecule has 0 radical (unpaired) electrons. The smallest absolute Gasteiger partial charge is 0.317 e. The zero-order valence-corrected chi connectivity index (χ0v) is 16.7. The first-order chi connectivity index (χ1) is 13.7. The van der Waals surface area contributed by atoms with Gasteiger partial charge in [0, 0.05) is 56.8 Å². The van der Waals surface area contributed by atoms with Gasteiger partial charge in [-0.15, -0.1) is 0 Å². The predicted molar refractivity (Wildman–Crippen MR) is 110 cm³/mol. The maximum absolute atomic E-state index is 12.4. The minimum atomic E-state index is -0.00962. The van der Waals surface area contributed by atoms with Crippen LogP contribution in [0.15, 0.2) is 30.3 Å². The summed E-state index contributed by atoms with van der Waals surface area (Å²) in [7, 11) is 2.15. The highest BCUT2D eigenvalue weighted by Crippen LogP contribution is 2.30. The van der Waals surface area contributed by atoms with Crippen LogP contribution >= 0.6 is 0 Å². The Morgan fingerprint density at radius 3 is 2.54 bits per heavy atom. The van der Waals surface area contributed by atoms with E-state index in [2.05, 4.69) is 34.3 Å². The van der Waals surface area contributed by atoms with E-state index in [0.29, 0.717) is 19.6 Å². The third-order valence-electron chi connectivity index (χ3n) is 5.49. The van der Waals surface area contributed by atoms with Crippen molar-refractivity contribution in [2.45, 2.75) is 19.9 Å². The number of rotatable bonds is 3. The molecule has 148 valence electrons. The Labute approximate surface area is 166 Å². The molecule has 1 N–H and O–H groups in total. The van der Waals surface area contributed by atoms with Crippen LogP contribution in [0.3, 0.4) is 0 Å². The van der Waals surface area contributed by atoms with Crippen LogP contribution in [0.25, 0.3) is 11.4 Å². The Balaban J connectivity index is 1.72. The van der Waals surface area contributed by atoms with E-state index in [1.807, 2.05) is 30.0 Å². The van der Waals surface area contributed by atoms with Gasteiger partial charge in [0.15, 0.2) is 5.82 Å². The molecule has 2 amide bonds. The van der Waals surface area contributed by atoms with Crippen LogP contribution in [0.4, 0.5) is 10.6 Å². The zero-order valence-electron chi connectivity index (χ0n) is 16.7. The molecule has 0 saturated carbocycles. The number of urea groups is 1. The lowest BCUT2D eigenvalue weighted by atomic mass is 10.0. The SMILES string of the molecule is CCNC(=O)N1CCc2nc(-c3ccccc3)nc(N3CCN(C)CC3)c2C1. The van der Waals surface area contributed by atoms with E-state index in [-0.39, 0.29) is 6.03 Å². The van der Waals surface area contributed by atoms with Crippen LogP contribution < -0.4 is 10.2 Å². The molecule has 0 atom stereocenters. The molecular weight excluding hydrogens is 352 g/mol. The predicted octanol–water partition coefficient (Wildman–Crippen LogP) is 1.98. The van der Waals surface area contributed by atoms with Crippen molar-refractivity contribution in [3.8, 4) is 11.4 Å². The molecule has 1 aromatic carbocycles. The third-order valence-corrected chi connectivity index (χ3v) is 5.49. The molecule has 3 heterocycles. The highest BCUT2D eigenvalue weighted by molar-refractivity contribution is 5.75. The summed E-state index contributed by atoms with van der Waals surface area (Å²) in [5.74, 6) is 1.77. The van der Waals surface area contributed by atoms with Gasteiger partial charge in [-0.25, -0.2) is 14.8 Å². The summed E-state index contributed by atoms with van der Waals surface area (Å²) >= 11 is 0. The summed E-state index contributed by atoms with van der Waals surface area (Å²) in [4.78, 5) is 28.8. The lowest BCUT2D eigenvalue weighted by Gasteiger charge is -2.37. The van der Waals surface area contributed by atoms with Crippen LogP contribution in [-0.2, 0) is 13.0 Å². The van der Waals surface area contributed by atoms with Gasteiger partial charge in [-0.1, -0.05) is 30.3 Å². The molecule has 0 aliphatic carbocycles. The summed E-state index contributed by atoms with van der Waals surface area (Å²) in [5, 5.41) is 2.91. The molecule has 4 rings (SSSR count). The van der Waals surface area contributed by atoms with Crippen molar-refractivity contribution in [2.75, 3.05) is 51.2 Å². The minimum absolute atomic E-state index is 0.00962.